The topological polar surface area (TPSA) is 38.7 Å². The van der Waals surface area contributed by atoms with E-state index in [2.05, 4.69) is 0 Å². The van der Waals surface area contributed by atoms with Gasteiger partial charge in [-0.25, -0.2) is 0 Å². The van der Waals surface area contributed by atoms with E-state index < -0.39 is 11.7 Å². The molecule has 0 amide bonds. The Kier molecular flexibility index (Phi) is 5.46. The van der Waals surface area contributed by atoms with Crippen LogP contribution in [0.1, 0.15) is 26.7 Å². The van der Waals surface area contributed by atoms with Gasteiger partial charge in [0.25, 0.3) is 0 Å². The first-order chi connectivity index (χ1) is 5.66. The van der Waals surface area contributed by atoms with E-state index in [1.807, 2.05) is 13.8 Å². The first kappa shape index (κ1) is 11.9. The van der Waals surface area contributed by atoms with Gasteiger partial charge in [0.1, 0.15) is 6.10 Å². The maximum Gasteiger partial charge on any atom is 0.106 e. The second kappa shape index (κ2) is 5.51. The van der Waals surface area contributed by atoms with Crippen molar-refractivity contribution < 1.29 is 14.6 Å². The first-order valence-electron chi connectivity index (χ1n) is 4.39. The van der Waals surface area contributed by atoms with Crippen LogP contribution < -0.4 is 0 Å². The third kappa shape index (κ3) is 2.44. The smallest absolute Gasteiger partial charge is 0.106 e. The molecule has 1 atom stereocenters. The Morgan fingerprint density at radius 1 is 1.25 bits per heavy atom. The predicted octanol–water partition coefficient (Wildman–Crippen LogP) is 1.20. The second-order valence-electron chi connectivity index (χ2n) is 2.95. The number of rotatable bonds is 6. The number of methoxy groups -OCH3 is 2. The van der Waals surface area contributed by atoms with E-state index in [1.165, 1.54) is 0 Å². The minimum absolute atomic E-state index is 0.329. The Bertz CT molecular complexity index is 102. The normalized spacial score (nSPS) is 14.8. The van der Waals surface area contributed by atoms with Gasteiger partial charge in [-0.3, -0.25) is 0 Å². The van der Waals surface area contributed by atoms with Gasteiger partial charge in [0.2, 0.25) is 0 Å². The summed E-state index contributed by atoms with van der Waals surface area (Å²) in [6, 6.07) is 0. The molecule has 0 heterocycles. The molecule has 0 aromatic carbocycles. The first-order valence-corrected chi connectivity index (χ1v) is 4.39. The zero-order valence-electron chi connectivity index (χ0n) is 8.46. The van der Waals surface area contributed by atoms with Gasteiger partial charge in [0, 0.05) is 14.2 Å². The van der Waals surface area contributed by atoms with Gasteiger partial charge < -0.3 is 14.6 Å². The molecule has 0 saturated heterocycles. The van der Waals surface area contributed by atoms with Gasteiger partial charge in [-0.05, 0) is 12.8 Å². The summed E-state index contributed by atoms with van der Waals surface area (Å²) >= 11 is 0. The van der Waals surface area contributed by atoms with E-state index in [0.717, 1.165) is 12.8 Å². The highest BCUT2D eigenvalue weighted by atomic mass is 16.5. The summed E-state index contributed by atoms with van der Waals surface area (Å²) in [4.78, 5) is 0. The van der Waals surface area contributed by atoms with Gasteiger partial charge in [0.15, 0.2) is 0 Å². The number of hydrogen-bond donors (Lipinski definition) is 1. The van der Waals surface area contributed by atoms with E-state index in [4.69, 9.17) is 9.47 Å². The molecule has 0 saturated carbocycles. The van der Waals surface area contributed by atoms with Crippen LogP contribution in [0.15, 0.2) is 0 Å². The Hall–Kier alpha value is -0.120. The summed E-state index contributed by atoms with van der Waals surface area (Å²) in [5.41, 5.74) is -0.435. The third-order valence-corrected chi connectivity index (χ3v) is 2.54. The molecule has 0 spiro atoms. The fourth-order valence-electron chi connectivity index (χ4n) is 1.46. The van der Waals surface area contributed by atoms with E-state index in [0.29, 0.717) is 6.61 Å². The highest BCUT2D eigenvalue weighted by Gasteiger charge is 2.34. The number of aliphatic hydroxyl groups is 1. The zero-order chi connectivity index (χ0) is 9.61. The van der Waals surface area contributed by atoms with Crippen LogP contribution in [-0.2, 0) is 9.47 Å². The van der Waals surface area contributed by atoms with E-state index >= 15 is 0 Å². The highest BCUT2D eigenvalue weighted by Crippen LogP contribution is 2.24. The van der Waals surface area contributed by atoms with Crippen molar-refractivity contribution in [2.24, 2.45) is 0 Å². The van der Waals surface area contributed by atoms with Crippen LogP contribution in [0.25, 0.3) is 0 Å². The maximum atomic E-state index is 9.71. The Morgan fingerprint density at radius 3 is 2.00 bits per heavy atom. The van der Waals surface area contributed by atoms with E-state index in [-0.39, 0.29) is 0 Å². The molecule has 1 unspecified atom stereocenters. The largest absolute Gasteiger partial charge is 0.388 e. The lowest BCUT2D eigenvalue weighted by Gasteiger charge is -2.34. The summed E-state index contributed by atoms with van der Waals surface area (Å²) in [6.45, 7) is 4.34. The molecule has 1 N–H and O–H groups in total. The lowest BCUT2D eigenvalue weighted by molar-refractivity contribution is -0.127. The van der Waals surface area contributed by atoms with Crippen molar-refractivity contribution in [3.8, 4) is 0 Å². The van der Waals surface area contributed by atoms with Crippen molar-refractivity contribution >= 4 is 0 Å². The average molecular weight is 176 g/mol. The van der Waals surface area contributed by atoms with Crippen molar-refractivity contribution in [1.29, 1.82) is 0 Å². The van der Waals surface area contributed by atoms with Gasteiger partial charge in [0.05, 0.1) is 12.2 Å². The summed E-state index contributed by atoms with van der Waals surface area (Å²) in [5.74, 6) is 0. The molecule has 12 heavy (non-hydrogen) atoms. The van der Waals surface area contributed by atoms with Gasteiger partial charge in [-0.15, -0.1) is 0 Å². The predicted molar refractivity (Wildman–Crippen MR) is 48.2 cm³/mol. The molecule has 0 rings (SSSR count). The minimum atomic E-state index is -0.539. The molecule has 74 valence electrons. The molecule has 0 bridgehead atoms. The van der Waals surface area contributed by atoms with Gasteiger partial charge in [-0.2, -0.15) is 0 Å². The number of hydrogen-bond acceptors (Lipinski definition) is 3. The minimum Gasteiger partial charge on any atom is -0.388 e. The van der Waals surface area contributed by atoms with Crippen molar-refractivity contribution in [2.75, 3.05) is 20.8 Å². The molecule has 0 aliphatic rings. The highest BCUT2D eigenvalue weighted by molar-refractivity contribution is 4.85. The summed E-state index contributed by atoms with van der Waals surface area (Å²) in [6.07, 6.45) is 1.05. The lowest BCUT2D eigenvalue weighted by Crippen LogP contribution is -2.45. The van der Waals surface area contributed by atoms with Crippen molar-refractivity contribution in [1.82, 2.24) is 0 Å². The fourth-order valence-corrected chi connectivity index (χ4v) is 1.46. The molecular formula is C9H20O3. The molecule has 0 aromatic rings. The molecule has 0 radical (unpaired) electrons. The average Bonchev–Trinajstić information content (AvgIpc) is 2.09. The lowest BCUT2D eigenvalue weighted by atomic mass is 9.91. The third-order valence-electron chi connectivity index (χ3n) is 2.54. The van der Waals surface area contributed by atoms with Crippen LogP contribution in [0.2, 0.25) is 0 Å². The van der Waals surface area contributed by atoms with Crippen LogP contribution in [0.5, 0.6) is 0 Å². The molecule has 3 heteroatoms. The molecule has 0 aliphatic heterocycles. The SMILES string of the molecule is CCC(CC)(OC)C(O)COC. The monoisotopic (exact) mass is 176 g/mol. The fraction of sp³-hybridized carbons (Fsp3) is 1.00. The summed E-state index contributed by atoms with van der Waals surface area (Å²) in [5, 5.41) is 9.71. The molecule has 0 aromatic heterocycles. The summed E-state index contributed by atoms with van der Waals surface area (Å²) < 4.78 is 10.2. The van der Waals surface area contributed by atoms with Gasteiger partial charge in [-0.1, -0.05) is 13.8 Å². The maximum absolute atomic E-state index is 9.71. The van der Waals surface area contributed by atoms with Crippen LogP contribution in [-0.4, -0.2) is 37.6 Å². The molecular weight excluding hydrogens is 156 g/mol. The second-order valence-corrected chi connectivity index (χ2v) is 2.95. The number of aliphatic hydroxyl groups excluding tert-OH is 1. The van der Waals surface area contributed by atoms with E-state index in [1.54, 1.807) is 14.2 Å². The number of ether oxygens (including phenoxy) is 2. The summed E-state index contributed by atoms with van der Waals surface area (Å²) in [7, 11) is 3.21. The Morgan fingerprint density at radius 2 is 1.75 bits per heavy atom. The van der Waals surface area contributed by atoms with Crippen molar-refractivity contribution in [2.45, 2.75) is 38.4 Å². The van der Waals surface area contributed by atoms with Crippen LogP contribution >= 0.6 is 0 Å². The van der Waals surface area contributed by atoms with Crippen molar-refractivity contribution in [3.63, 3.8) is 0 Å². The van der Waals surface area contributed by atoms with E-state index in [9.17, 15) is 5.11 Å². The quantitative estimate of drug-likeness (QED) is 0.661. The molecule has 0 fully saturated rings. The molecule has 3 nitrogen and oxygen atoms in total. The van der Waals surface area contributed by atoms with Crippen LogP contribution in [0.4, 0.5) is 0 Å². The Balaban J connectivity index is 4.24. The Labute approximate surface area is 74.7 Å². The van der Waals surface area contributed by atoms with Crippen molar-refractivity contribution in [3.05, 3.63) is 0 Å². The molecule has 0 aliphatic carbocycles. The van der Waals surface area contributed by atoms with Crippen LogP contribution in [0.3, 0.4) is 0 Å². The zero-order valence-corrected chi connectivity index (χ0v) is 8.46. The van der Waals surface area contributed by atoms with Crippen LogP contribution in [0, 0.1) is 0 Å². The van der Waals surface area contributed by atoms with Gasteiger partial charge >= 0.3 is 0 Å². The standard InChI is InChI=1S/C9H20O3/c1-5-9(6-2,12-4)8(10)7-11-3/h8,10H,5-7H2,1-4H3.